The zero-order valence-electron chi connectivity index (χ0n) is 23.7. The molecule has 3 fully saturated rings. The van der Waals surface area contributed by atoms with Crippen molar-refractivity contribution in [3.8, 4) is 5.75 Å². The standard InChI is InChI=1S/C31H44O7/c1-9-25(35-19-22-11-13-23(34-8)14-12-22)29(20-37-28(5,6)38-29)17-18-31(32)26(36-21-33-7)24-15-16-30(31,10-2)27(24,3)4/h9-14,17-18,24-26,32H,1-2,15-16,19-21H2,3-8H3/b18-17-/t24-,25-,26-,29+,30-,31-/m1/s1. The van der Waals surface area contributed by atoms with Crippen molar-refractivity contribution < 1.29 is 33.5 Å². The lowest BCUT2D eigenvalue weighted by atomic mass is 9.62. The predicted octanol–water partition coefficient (Wildman–Crippen LogP) is 5.19. The molecule has 4 rings (SSSR count). The molecule has 1 N–H and O–H groups in total. The maximum atomic E-state index is 12.5. The quantitative estimate of drug-likeness (QED) is 0.296. The van der Waals surface area contributed by atoms with Gasteiger partial charge in [-0.25, -0.2) is 0 Å². The van der Waals surface area contributed by atoms with Gasteiger partial charge in [-0.2, -0.15) is 0 Å². The molecule has 1 saturated heterocycles. The summed E-state index contributed by atoms with van der Waals surface area (Å²) in [6.45, 7) is 17.0. The van der Waals surface area contributed by atoms with Crippen LogP contribution < -0.4 is 4.74 Å². The van der Waals surface area contributed by atoms with Gasteiger partial charge in [0.25, 0.3) is 0 Å². The minimum absolute atomic E-state index is 0.0959. The van der Waals surface area contributed by atoms with Gasteiger partial charge < -0.3 is 33.5 Å². The average Bonchev–Trinajstić information content (AvgIpc) is 3.41. The normalized spacial score (nSPS) is 36.0. The number of benzene rings is 1. The monoisotopic (exact) mass is 528 g/mol. The molecule has 0 radical (unpaired) electrons. The Bertz CT molecular complexity index is 1030. The van der Waals surface area contributed by atoms with Gasteiger partial charge in [-0.1, -0.05) is 44.2 Å². The summed E-state index contributed by atoms with van der Waals surface area (Å²) < 4.78 is 35.6. The Kier molecular flexibility index (Phi) is 8.03. The van der Waals surface area contributed by atoms with Gasteiger partial charge >= 0.3 is 0 Å². The maximum Gasteiger partial charge on any atom is 0.164 e. The molecule has 2 aliphatic carbocycles. The van der Waals surface area contributed by atoms with E-state index >= 15 is 0 Å². The molecular formula is C31H44O7. The molecule has 1 aromatic rings. The van der Waals surface area contributed by atoms with E-state index in [9.17, 15) is 5.11 Å². The summed E-state index contributed by atoms with van der Waals surface area (Å²) >= 11 is 0. The minimum Gasteiger partial charge on any atom is -0.497 e. The minimum atomic E-state index is -1.33. The van der Waals surface area contributed by atoms with Crippen molar-refractivity contribution >= 4 is 0 Å². The molecule has 0 spiro atoms. The van der Waals surface area contributed by atoms with Crippen LogP contribution in [0.2, 0.25) is 0 Å². The Balaban J connectivity index is 1.68. The lowest BCUT2D eigenvalue weighted by Gasteiger charge is -2.46. The molecule has 2 bridgehead atoms. The fourth-order valence-corrected chi connectivity index (χ4v) is 7.07. The van der Waals surface area contributed by atoms with Crippen molar-refractivity contribution in [1.29, 1.82) is 0 Å². The van der Waals surface area contributed by atoms with Crippen molar-refractivity contribution in [3.63, 3.8) is 0 Å². The van der Waals surface area contributed by atoms with Crippen LogP contribution in [-0.2, 0) is 30.3 Å². The van der Waals surface area contributed by atoms with Gasteiger partial charge in [0.1, 0.15) is 29.8 Å². The molecule has 0 amide bonds. The molecule has 6 atom stereocenters. The molecule has 38 heavy (non-hydrogen) atoms. The number of ether oxygens (including phenoxy) is 6. The second-order valence-electron chi connectivity index (χ2n) is 11.8. The molecule has 1 aliphatic heterocycles. The molecule has 1 aromatic carbocycles. The third kappa shape index (κ3) is 4.57. The van der Waals surface area contributed by atoms with Crippen molar-refractivity contribution in [1.82, 2.24) is 0 Å². The summed E-state index contributed by atoms with van der Waals surface area (Å²) in [5.41, 5.74) is -2.15. The van der Waals surface area contributed by atoms with Crippen LogP contribution in [0.5, 0.6) is 5.75 Å². The van der Waals surface area contributed by atoms with Gasteiger partial charge in [-0.05, 0) is 61.8 Å². The summed E-state index contributed by atoms with van der Waals surface area (Å²) in [7, 11) is 3.23. The molecule has 0 aromatic heterocycles. The van der Waals surface area contributed by atoms with Gasteiger partial charge in [0.15, 0.2) is 5.79 Å². The van der Waals surface area contributed by atoms with E-state index in [1.54, 1.807) is 20.3 Å². The van der Waals surface area contributed by atoms with E-state index in [1.165, 1.54) is 0 Å². The molecular weight excluding hydrogens is 484 g/mol. The topological polar surface area (TPSA) is 75.6 Å². The third-order valence-corrected chi connectivity index (χ3v) is 9.14. The SMILES string of the molecule is C=C[C@@H](OCc1ccc(OC)cc1)[C@]1(/C=C\[C@@]2(O)[C@H](OCOC)[C@H]3CC[C@]2(C=C)C3(C)C)COC(C)(C)O1. The van der Waals surface area contributed by atoms with Crippen molar-refractivity contribution in [2.75, 3.05) is 27.6 Å². The van der Waals surface area contributed by atoms with E-state index in [0.717, 1.165) is 24.2 Å². The molecule has 0 unspecified atom stereocenters. The van der Waals surface area contributed by atoms with E-state index in [0.29, 0.717) is 6.61 Å². The first-order valence-corrected chi connectivity index (χ1v) is 13.3. The van der Waals surface area contributed by atoms with Gasteiger partial charge in [0.2, 0.25) is 0 Å². The number of hydrogen-bond acceptors (Lipinski definition) is 7. The first-order valence-electron chi connectivity index (χ1n) is 13.3. The lowest BCUT2D eigenvalue weighted by molar-refractivity contribution is -0.176. The second kappa shape index (κ2) is 10.5. The lowest BCUT2D eigenvalue weighted by Crippen LogP contribution is -2.54. The van der Waals surface area contributed by atoms with Crippen LogP contribution in [-0.4, -0.2) is 61.9 Å². The Hall–Kier alpha value is -2.00. The predicted molar refractivity (Wildman–Crippen MR) is 146 cm³/mol. The Morgan fingerprint density at radius 3 is 2.37 bits per heavy atom. The zero-order chi connectivity index (χ0) is 27.8. The third-order valence-electron chi connectivity index (χ3n) is 9.14. The number of aliphatic hydroxyl groups is 1. The largest absolute Gasteiger partial charge is 0.497 e. The fraction of sp³-hybridized carbons (Fsp3) is 0.613. The summed E-state index contributed by atoms with van der Waals surface area (Å²) in [5, 5.41) is 12.5. The highest BCUT2D eigenvalue weighted by atomic mass is 16.8. The van der Waals surface area contributed by atoms with E-state index in [4.69, 9.17) is 28.4 Å². The van der Waals surface area contributed by atoms with Crippen molar-refractivity contribution in [2.45, 2.75) is 76.3 Å². The van der Waals surface area contributed by atoms with Gasteiger partial charge in [0.05, 0.1) is 26.4 Å². The van der Waals surface area contributed by atoms with Gasteiger partial charge in [-0.15, -0.1) is 13.2 Å². The number of methoxy groups -OCH3 is 2. The second-order valence-corrected chi connectivity index (χ2v) is 11.8. The molecule has 210 valence electrons. The van der Waals surface area contributed by atoms with Gasteiger partial charge in [0, 0.05) is 12.5 Å². The summed E-state index contributed by atoms with van der Waals surface area (Å²) in [5.74, 6) is 0.0827. The van der Waals surface area contributed by atoms with Crippen LogP contribution in [0.1, 0.15) is 46.1 Å². The van der Waals surface area contributed by atoms with Crippen molar-refractivity contribution in [3.05, 3.63) is 67.3 Å². The summed E-state index contributed by atoms with van der Waals surface area (Å²) in [4.78, 5) is 0. The summed E-state index contributed by atoms with van der Waals surface area (Å²) in [6.07, 6.45) is 8.14. The first-order chi connectivity index (χ1) is 17.9. The first kappa shape index (κ1) is 29.0. The van der Waals surface area contributed by atoms with E-state index < -0.39 is 34.6 Å². The van der Waals surface area contributed by atoms with Crippen LogP contribution in [0.3, 0.4) is 0 Å². The average molecular weight is 529 g/mol. The maximum absolute atomic E-state index is 12.5. The molecule has 3 aliphatic rings. The smallest absolute Gasteiger partial charge is 0.164 e. The highest BCUT2D eigenvalue weighted by Crippen LogP contribution is 2.71. The van der Waals surface area contributed by atoms with Crippen LogP contribution in [0.4, 0.5) is 0 Å². The Morgan fingerprint density at radius 2 is 1.82 bits per heavy atom. The number of hydrogen-bond donors (Lipinski definition) is 1. The van der Waals surface area contributed by atoms with Crippen LogP contribution in [0, 0.1) is 16.7 Å². The number of fused-ring (bicyclic) bond motifs is 2. The van der Waals surface area contributed by atoms with Crippen molar-refractivity contribution in [2.24, 2.45) is 16.7 Å². The highest BCUT2D eigenvalue weighted by molar-refractivity contribution is 5.36. The van der Waals surface area contributed by atoms with Crippen LogP contribution >= 0.6 is 0 Å². The van der Waals surface area contributed by atoms with E-state index in [1.807, 2.05) is 56.3 Å². The molecule has 2 saturated carbocycles. The Labute approximate surface area is 227 Å². The highest BCUT2D eigenvalue weighted by Gasteiger charge is 2.74. The molecule has 7 nitrogen and oxygen atoms in total. The fourth-order valence-electron chi connectivity index (χ4n) is 7.07. The van der Waals surface area contributed by atoms with Gasteiger partial charge in [-0.3, -0.25) is 0 Å². The van der Waals surface area contributed by atoms with Crippen LogP contribution in [0.25, 0.3) is 0 Å². The van der Waals surface area contributed by atoms with E-state index in [-0.39, 0.29) is 24.7 Å². The van der Waals surface area contributed by atoms with E-state index in [2.05, 4.69) is 27.0 Å². The number of rotatable bonds is 12. The molecule has 7 heteroatoms. The molecule has 1 heterocycles. The zero-order valence-corrected chi connectivity index (χ0v) is 23.7. The van der Waals surface area contributed by atoms with Crippen LogP contribution in [0.15, 0.2) is 61.7 Å². The summed E-state index contributed by atoms with van der Waals surface area (Å²) in [6, 6.07) is 7.72. The Morgan fingerprint density at radius 1 is 1.11 bits per heavy atom.